The Bertz CT molecular complexity index is 590. The summed E-state index contributed by atoms with van der Waals surface area (Å²) in [6.07, 6.45) is 6.82. The summed E-state index contributed by atoms with van der Waals surface area (Å²) in [7, 11) is 0. The van der Waals surface area contributed by atoms with Gasteiger partial charge in [0.2, 0.25) is 0 Å². The van der Waals surface area contributed by atoms with Crippen LogP contribution in [0.25, 0.3) is 0 Å². The maximum atomic E-state index is 11.8. The Hall–Kier alpha value is -1.42. The molecule has 0 aliphatic heterocycles. The van der Waals surface area contributed by atoms with Crippen LogP contribution in [0.2, 0.25) is 0 Å². The van der Waals surface area contributed by atoms with E-state index in [0.29, 0.717) is 12.2 Å². The zero-order valence-corrected chi connectivity index (χ0v) is 11.5. The van der Waals surface area contributed by atoms with E-state index >= 15 is 0 Å². The highest BCUT2D eigenvalue weighted by Gasteiger charge is 2.19. The van der Waals surface area contributed by atoms with E-state index in [4.69, 9.17) is 0 Å². The molecule has 2 aromatic rings. The van der Waals surface area contributed by atoms with Gasteiger partial charge in [0.25, 0.3) is 0 Å². The first-order valence-corrected chi connectivity index (χ1v) is 7.10. The molecule has 18 heavy (non-hydrogen) atoms. The molecule has 0 saturated heterocycles. The van der Waals surface area contributed by atoms with Crippen LogP contribution in [-0.2, 0) is 13.0 Å². The first-order valence-electron chi connectivity index (χ1n) is 6.28. The molecular formula is C14H16N2OS. The number of fused-ring (bicyclic) bond motifs is 1. The number of carbonyl (C=O) groups excluding carboxylic acids is 1. The lowest BCUT2D eigenvalue weighted by Crippen LogP contribution is -2.07. The SMILES string of the molecule is Cc1nc(Cn2cc3c(c2)C(=O)CCC3)sc1C. The number of nitrogens with zero attached hydrogens (tertiary/aromatic N) is 2. The van der Waals surface area contributed by atoms with E-state index in [1.807, 2.05) is 13.1 Å². The van der Waals surface area contributed by atoms with Crippen molar-refractivity contribution < 1.29 is 4.79 Å². The summed E-state index contributed by atoms with van der Waals surface area (Å²) in [6, 6.07) is 0. The van der Waals surface area contributed by atoms with Crippen molar-refractivity contribution in [2.24, 2.45) is 0 Å². The summed E-state index contributed by atoms with van der Waals surface area (Å²) in [6.45, 7) is 4.92. The summed E-state index contributed by atoms with van der Waals surface area (Å²) in [5.41, 5.74) is 3.24. The summed E-state index contributed by atoms with van der Waals surface area (Å²) in [4.78, 5) is 17.6. The molecule has 3 rings (SSSR count). The van der Waals surface area contributed by atoms with Gasteiger partial charge in [0.15, 0.2) is 5.78 Å². The lowest BCUT2D eigenvalue weighted by Gasteiger charge is -2.07. The molecule has 1 aliphatic rings. The largest absolute Gasteiger partial charge is 0.346 e. The summed E-state index contributed by atoms with van der Waals surface area (Å²) < 4.78 is 2.10. The molecule has 0 amide bonds. The quantitative estimate of drug-likeness (QED) is 0.831. The molecule has 2 aromatic heterocycles. The van der Waals surface area contributed by atoms with Crippen molar-refractivity contribution in [2.45, 2.75) is 39.7 Å². The highest BCUT2D eigenvalue weighted by molar-refractivity contribution is 7.11. The molecule has 0 saturated carbocycles. The third-order valence-corrected chi connectivity index (χ3v) is 4.56. The van der Waals surface area contributed by atoms with Gasteiger partial charge in [-0.05, 0) is 32.3 Å². The minimum atomic E-state index is 0.293. The molecule has 0 spiro atoms. The lowest BCUT2D eigenvalue weighted by molar-refractivity contribution is 0.0973. The van der Waals surface area contributed by atoms with Crippen molar-refractivity contribution >= 4 is 17.1 Å². The van der Waals surface area contributed by atoms with E-state index in [2.05, 4.69) is 22.7 Å². The van der Waals surface area contributed by atoms with Crippen LogP contribution >= 0.6 is 11.3 Å². The summed E-state index contributed by atoms with van der Waals surface area (Å²) in [5, 5.41) is 1.12. The van der Waals surface area contributed by atoms with Gasteiger partial charge < -0.3 is 4.57 Å². The van der Waals surface area contributed by atoms with E-state index < -0.39 is 0 Å². The second-order valence-electron chi connectivity index (χ2n) is 4.90. The number of aryl methyl sites for hydroxylation is 3. The number of aromatic nitrogens is 2. The first kappa shape index (κ1) is 11.7. The van der Waals surface area contributed by atoms with Gasteiger partial charge in [-0.25, -0.2) is 4.98 Å². The van der Waals surface area contributed by atoms with E-state index in [0.717, 1.165) is 35.7 Å². The van der Waals surface area contributed by atoms with Crippen molar-refractivity contribution in [3.05, 3.63) is 39.1 Å². The number of hydrogen-bond donors (Lipinski definition) is 0. The molecular weight excluding hydrogens is 244 g/mol. The molecule has 3 nitrogen and oxygen atoms in total. The Labute approximate surface area is 110 Å². The van der Waals surface area contributed by atoms with Crippen molar-refractivity contribution in [1.82, 2.24) is 9.55 Å². The predicted octanol–water partition coefficient (Wildman–Crippen LogP) is 3.13. The smallest absolute Gasteiger partial charge is 0.164 e. The van der Waals surface area contributed by atoms with Crippen LogP contribution in [0.4, 0.5) is 0 Å². The van der Waals surface area contributed by atoms with Crippen LogP contribution in [0.1, 0.15) is 44.3 Å². The summed E-state index contributed by atoms with van der Waals surface area (Å²) in [5.74, 6) is 0.293. The van der Waals surface area contributed by atoms with Gasteiger partial charge in [-0.3, -0.25) is 4.79 Å². The highest BCUT2D eigenvalue weighted by atomic mass is 32.1. The van der Waals surface area contributed by atoms with Gasteiger partial charge >= 0.3 is 0 Å². The van der Waals surface area contributed by atoms with Gasteiger partial charge in [0.1, 0.15) is 5.01 Å². The van der Waals surface area contributed by atoms with Crippen LogP contribution < -0.4 is 0 Å². The second kappa shape index (κ2) is 4.35. The molecule has 0 radical (unpaired) electrons. The van der Waals surface area contributed by atoms with Gasteiger partial charge in [-0.15, -0.1) is 11.3 Å². The number of rotatable bonds is 2. The topological polar surface area (TPSA) is 34.9 Å². The first-order chi connectivity index (χ1) is 8.63. The molecule has 94 valence electrons. The molecule has 4 heteroatoms. The van der Waals surface area contributed by atoms with Gasteiger partial charge in [-0.2, -0.15) is 0 Å². The third-order valence-electron chi connectivity index (χ3n) is 3.50. The standard InChI is InChI=1S/C14H16N2OS/c1-9-10(2)18-14(15-9)8-16-6-11-4-3-5-13(17)12(11)7-16/h6-7H,3-5,8H2,1-2H3. The van der Waals surface area contributed by atoms with E-state index in [1.165, 1.54) is 10.4 Å². The maximum absolute atomic E-state index is 11.8. The molecule has 0 bridgehead atoms. The Balaban J connectivity index is 1.87. The Morgan fingerprint density at radius 1 is 1.33 bits per heavy atom. The van der Waals surface area contributed by atoms with Gasteiger partial charge in [0.05, 0.1) is 12.2 Å². The molecule has 0 fully saturated rings. The average Bonchev–Trinajstić information content (AvgIpc) is 2.85. The van der Waals surface area contributed by atoms with Crippen LogP contribution in [0.3, 0.4) is 0 Å². The number of hydrogen-bond acceptors (Lipinski definition) is 3. The molecule has 0 aromatic carbocycles. The van der Waals surface area contributed by atoms with Crippen molar-refractivity contribution in [2.75, 3.05) is 0 Å². The Morgan fingerprint density at radius 2 is 2.17 bits per heavy atom. The number of ketones is 1. The van der Waals surface area contributed by atoms with E-state index in [-0.39, 0.29) is 0 Å². The molecule has 0 atom stereocenters. The molecule has 0 N–H and O–H groups in total. The lowest BCUT2D eigenvalue weighted by atomic mass is 9.95. The van der Waals surface area contributed by atoms with Crippen molar-refractivity contribution in [1.29, 1.82) is 0 Å². The molecule has 1 aliphatic carbocycles. The van der Waals surface area contributed by atoms with E-state index in [9.17, 15) is 4.79 Å². The fourth-order valence-corrected chi connectivity index (χ4v) is 3.38. The van der Waals surface area contributed by atoms with Crippen LogP contribution in [0.5, 0.6) is 0 Å². The molecule has 0 unspecified atom stereocenters. The second-order valence-corrected chi connectivity index (χ2v) is 6.18. The zero-order valence-electron chi connectivity index (χ0n) is 10.7. The number of Topliss-reactive ketones (excluding diaryl/α,β-unsaturated/α-hetero) is 1. The summed E-state index contributed by atoms with van der Waals surface area (Å²) >= 11 is 1.74. The Morgan fingerprint density at radius 3 is 2.83 bits per heavy atom. The van der Waals surface area contributed by atoms with Gasteiger partial charge in [0, 0.05) is 29.3 Å². The molecule has 2 heterocycles. The highest BCUT2D eigenvalue weighted by Crippen LogP contribution is 2.23. The third kappa shape index (κ3) is 2.01. The van der Waals surface area contributed by atoms with Gasteiger partial charge in [-0.1, -0.05) is 0 Å². The number of carbonyl (C=O) groups is 1. The minimum Gasteiger partial charge on any atom is -0.346 e. The van der Waals surface area contributed by atoms with Crippen molar-refractivity contribution in [3.63, 3.8) is 0 Å². The Kier molecular flexibility index (Phi) is 2.82. The number of thiazole rings is 1. The average molecular weight is 260 g/mol. The minimum absolute atomic E-state index is 0.293. The van der Waals surface area contributed by atoms with Crippen molar-refractivity contribution in [3.8, 4) is 0 Å². The van der Waals surface area contributed by atoms with Crippen LogP contribution in [0.15, 0.2) is 12.4 Å². The normalized spacial score (nSPS) is 14.9. The maximum Gasteiger partial charge on any atom is 0.164 e. The fraction of sp³-hybridized carbons (Fsp3) is 0.429. The monoisotopic (exact) mass is 260 g/mol. The fourth-order valence-electron chi connectivity index (χ4n) is 2.43. The zero-order chi connectivity index (χ0) is 12.7. The predicted molar refractivity (Wildman–Crippen MR) is 72.4 cm³/mol. The van der Waals surface area contributed by atoms with Crippen LogP contribution in [-0.4, -0.2) is 15.3 Å². The van der Waals surface area contributed by atoms with Crippen LogP contribution in [0, 0.1) is 13.8 Å². The van der Waals surface area contributed by atoms with E-state index in [1.54, 1.807) is 11.3 Å².